The van der Waals surface area contributed by atoms with E-state index in [2.05, 4.69) is 4.90 Å². The molecule has 1 fully saturated rings. The number of carbonyl (C=O) groups excluding carboxylic acids is 2. The molecule has 2 heterocycles. The van der Waals surface area contributed by atoms with Crippen LogP contribution in [0.1, 0.15) is 22.3 Å². The number of fused-ring (bicyclic) bond motifs is 2. The number of hydrogen-bond donors (Lipinski definition) is 1. The molecular weight excluding hydrogens is 392 g/mol. The highest BCUT2D eigenvalue weighted by molar-refractivity contribution is 6.11. The second-order valence-corrected chi connectivity index (χ2v) is 8.14. The highest BCUT2D eigenvalue weighted by Crippen LogP contribution is 2.43. The zero-order valence-corrected chi connectivity index (χ0v) is 17.2. The summed E-state index contributed by atoms with van der Waals surface area (Å²) >= 11 is 0. The van der Waals surface area contributed by atoms with E-state index in [0.717, 1.165) is 23.9 Å². The van der Waals surface area contributed by atoms with E-state index in [9.17, 15) is 14.7 Å². The lowest BCUT2D eigenvalue weighted by atomic mass is 9.88. The van der Waals surface area contributed by atoms with Crippen molar-refractivity contribution in [2.45, 2.75) is 12.0 Å². The quantitative estimate of drug-likeness (QED) is 0.648. The van der Waals surface area contributed by atoms with Crippen molar-refractivity contribution in [2.75, 3.05) is 37.9 Å². The van der Waals surface area contributed by atoms with Crippen LogP contribution in [0.5, 0.6) is 0 Å². The molecule has 6 heteroatoms. The molecule has 0 aliphatic carbocycles. The number of rotatable bonds is 5. The molecule has 3 aromatic carbocycles. The monoisotopic (exact) mass is 416 g/mol. The highest BCUT2D eigenvalue weighted by atomic mass is 16.5. The third kappa shape index (κ3) is 3.53. The van der Waals surface area contributed by atoms with Gasteiger partial charge in [0.1, 0.15) is 0 Å². The molecule has 6 nitrogen and oxygen atoms in total. The van der Waals surface area contributed by atoms with Crippen LogP contribution >= 0.6 is 0 Å². The molecule has 1 amide bonds. The maximum absolute atomic E-state index is 13.4. The highest BCUT2D eigenvalue weighted by Gasteiger charge is 2.51. The molecular formula is C25H24N2O4. The summed E-state index contributed by atoms with van der Waals surface area (Å²) in [5.74, 6) is -0.709. The first kappa shape index (κ1) is 19.9. The van der Waals surface area contributed by atoms with E-state index < -0.39 is 11.5 Å². The first-order chi connectivity index (χ1) is 15.1. The van der Waals surface area contributed by atoms with Gasteiger partial charge in [-0.3, -0.25) is 19.4 Å². The summed E-state index contributed by atoms with van der Waals surface area (Å²) in [7, 11) is 0. The van der Waals surface area contributed by atoms with Crippen LogP contribution in [0.25, 0.3) is 10.8 Å². The predicted molar refractivity (Wildman–Crippen MR) is 118 cm³/mol. The molecule has 0 bridgehead atoms. The van der Waals surface area contributed by atoms with E-state index in [1.54, 1.807) is 23.1 Å². The lowest BCUT2D eigenvalue weighted by Gasteiger charge is -2.31. The molecule has 1 saturated heterocycles. The van der Waals surface area contributed by atoms with Crippen molar-refractivity contribution in [2.24, 2.45) is 0 Å². The van der Waals surface area contributed by atoms with Gasteiger partial charge in [0.15, 0.2) is 11.4 Å². The first-order valence-electron chi connectivity index (χ1n) is 10.5. The van der Waals surface area contributed by atoms with Crippen molar-refractivity contribution in [1.82, 2.24) is 4.90 Å². The minimum absolute atomic E-state index is 0.260. The lowest BCUT2D eigenvalue weighted by Crippen LogP contribution is -2.49. The summed E-state index contributed by atoms with van der Waals surface area (Å²) in [5.41, 5.74) is -0.231. The van der Waals surface area contributed by atoms with Crippen molar-refractivity contribution in [3.8, 4) is 0 Å². The summed E-state index contributed by atoms with van der Waals surface area (Å²) in [4.78, 5) is 30.3. The number of aliphatic hydroxyl groups is 1. The largest absolute Gasteiger partial charge is 0.379 e. The number of benzene rings is 3. The molecule has 0 spiro atoms. The zero-order valence-electron chi connectivity index (χ0n) is 17.2. The summed E-state index contributed by atoms with van der Waals surface area (Å²) in [6, 6.07) is 20.5. The van der Waals surface area contributed by atoms with Crippen LogP contribution in [0, 0.1) is 0 Å². The van der Waals surface area contributed by atoms with Gasteiger partial charge in [0.05, 0.1) is 32.0 Å². The van der Waals surface area contributed by atoms with Crippen LogP contribution in [-0.4, -0.2) is 54.7 Å². The minimum atomic E-state index is -1.87. The Labute approximate surface area is 180 Å². The number of amides is 1. The van der Waals surface area contributed by atoms with Crippen molar-refractivity contribution in [3.63, 3.8) is 0 Å². The maximum Gasteiger partial charge on any atom is 0.265 e. The molecule has 31 heavy (non-hydrogen) atoms. The van der Waals surface area contributed by atoms with Gasteiger partial charge < -0.3 is 9.84 Å². The Morgan fingerprint density at radius 3 is 2.48 bits per heavy atom. The second-order valence-electron chi connectivity index (χ2n) is 8.14. The van der Waals surface area contributed by atoms with Crippen LogP contribution in [0.3, 0.4) is 0 Å². The molecule has 2 aliphatic rings. The number of Topliss-reactive ketones (excluding diaryl/α,β-unsaturated/α-hetero) is 1. The van der Waals surface area contributed by atoms with Crippen LogP contribution < -0.4 is 4.90 Å². The molecule has 2 aliphatic heterocycles. The number of hydrogen-bond acceptors (Lipinski definition) is 5. The third-order valence-corrected chi connectivity index (χ3v) is 6.17. The molecule has 1 unspecified atom stereocenters. The van der Waals surface area contributed by atoms with Crippen molar-refractivity contribution >= 4 is 28.2 Å². The van der Waals surface area contributed by atoms with Crippen LogP contribution in [0.2, 0.25) is 0 Å². The molecule has 5 rings (SSSR count). The van der Waals surface area contributed by atoms with E-state index in [1.165, 1.54) is 0 Å². The molecule has 3 aromatic rings. The second kappa shape index (κ2) is 7.89. The van der Waals surface area contributed by atoms with Gasteiger partial charge in [-0.1, -0.05) is 54.6 Å². The van der Waals surface area contributed by atoms with E-state index in [4.69, 9.17) is 4.74 Å². The molecule has 0 aromatic heterocycles. The lowest BCUT2D eigenvalue weighted by molar-refractivity contribution is -0.136. The van der Waals surface area contributed by atoms with E-state index in [1.807, 2.05) is 48.5 Å². The molecule has 1 N–H and O–H groups in total. The van der Waals surface area contributed by atoms with Crippen molar-refractivity contribution in [3.05, 3.63) is 77.9 Å². The Bertz CT molecular complexity index is 1150. The fraction of sp³-hybridized carbons (Fsp3) is 0.280. The van der Waals surface area contributed by atoms with Crippen LogP contribution in [-0.2, 0) is 15.1 Å². The Hall–Kier alpha value is -3.06. The standard InChI is InChI=1S/C25H24N2O4/c28-23(20-10-9-18-5-1-2-6-19(18)15-20)16-25(30)21-7-3-4-8-22(21)27(24(25)29)17-26-11-13-31-14-12-26/h1-10,15,30H,11-14,16-17H2. The normalized spacial score (nSPS) is 21.5. The van der Waals surface area contributed by atoms with Gasteiger partial charge in [-0.25, -0.2) is 0 Å². The average molecular weight is 416 g/mol. The number of morpholine rings is 1. The number of nitrogens with zero attached hydrogens (tertiary/aromatic N) is 2. The molecule has 0 saturated carbocycles. The number of ketones is 1. The number of para-hydroxylation sites is 1. The van der Waals surface area contributed by atoms with E-state index in [0.29, 0.717) is 36.7 Å². The predicted octanol–water partition coefficient (Wildman–Crippen LogP) is 2.94. The van der Waals surface area contributed by atoms with Gasteiger partial charge in [-0.05, 0) is 22.9 Å². The van der Waals surface area contributed by atoms with Crippen molar-refractivity contribution in [1.29, 1.82) is 0 Å². The van der Waals surface area contributed by atoms with E-state index in [-0.39, 0.29) is 12.2 Å². The maximum atomic E-state index is 13.4. The van der Waals surface area contributed by atoms with Gasteiger partial charge in [0, 0.05) is 24.2 Å². The Kier molecular flexibility index (Phi) is 5.06. The van der Waals surface area contributed by atoms with Gasteiger partial charge in [-0.15, -0.1) is 0 Å². The Morgan fingerprint density at radius 1 is 0.968 bits per heavy atom. The zero-order chi connectivity index (χ0) is 21.4. The third-order valence-electron chi connectivity index (χ3n) is 6.17. The van der Waals surface area contributed by atoms with Gasteiger partial charge >= 0.3 is 0 Å². The van der Waals surface area contributed by atoms with Gasteiger partial charge in [0.2, 0.25) is 0 Å². The minimum Gasteiger partial charge on any atom is -0.379 e. The first-order valence-corrected chi connectivity index (χ1v) is 10.5. The summed E-state index contributed by atoms with van der Waals surface area (Å²) in [5, 5.41) is 13.5. The Morgan fingerprint density at radius 2 is 1.68 bits per heavy atom. The van der Waals surface area contributed by atoms with Crippen molar-refractivity contribution < 1.29 is 19.4 Å². The molecule has 1 atom stereocenters. The summed E-state index contributed by atoms with van der Waals surface area (Å²) < 4.78 is 5.39. The molecule has 158 valence electrons. The van der Waals surface area contributed by atoms with Crippen LogP contribution in [0.15, 0.2) is 66.7 Å². The van der Waals surface area contributed by atoms with Gasteiger partial charge in [-0.2, -0.15) is 0 Å². The topological polar surface area (TPSA) is 70.1 Å². The molecule has 0 radical (unpaired) electrons. The average Bonchev–Trinajstić information content (AvgIpc) is 3.01. The number of anilines is 1. The smallest absolute Gasteiger partial charge is 0.265 e. The van der Waals surface area contributed by atoms with E-state index >= 15 is 0 Å². The fourth-order valence-electron chi connectivity index (χ4n) is 4.46. The number of carbonyl (C=O) groups is 2. The fourth-order valence-corrected chi connectivity index (χ4v) is 4.46. The van der Waals surface area contributed by atoms with Gasteiger partial charge in [0.25, 0.3) is 5.91 Å². The summed E-state index contributed by atoms with van der Waals surface area (Å²) in [6.07, 6.45) is -0.291. The number of ether oxygens (including phenoxy) is 1. The SMILES string of the molecule is O=C(CC1(O)C(=O)N(CN2CCOCC2)c2ccccc21)c1ccc2ccccc2c1. The Balaban J connectivity index is 1.44. The van der Waals surface area contributed by atoms with Crippen LogP contribution in [0.4, 0.5) is 5.69 Å². The summed E-state index contributed by atoms with van der Waals surface area (Å²) in [6.45, 7) is 3.05.